The van der Waals surface area contributed by atoms with Crippen LogP contribution in [0.15, 0.2) is 76.7 Å². The molecule has 4 aromatic rings. The number of aryl methyl sites for hydroxylation is 3. The van der Waals surface area contributed by atoms with E-state index in [2.05, 4.69) is 10.3 Å². The number of rotatable bonds is 5. The molecule has 0 aliphatic carbocycles. The van der Waals surface area contributed by atoms with Crippen molar-refractivity contribution in [3.8, 4) is 16.9 Å². The SMILES string of the molecule is Cc1ccc(-c2c(S(=O)(=O)c3ccc(C)c(C)c3)nnn2-c2ccc(C(=O)O)cc2)cc1. The van der Waals surface area contributed by atoms with E-state index < -0.39 is 15.8 Å². The molecule has 0 spiro atoms. The fraction of sp³-hybridized carbons (Fsp3) is 0.125. The van der Waals surface area contributed by atoms with Gasteiger partial charge in [-0.1, -0.05) is 41.1 Å². The monoisotopic (exact) mass is 447 g/mol. The summed E-state index contributed by atoms with van der Waals surface area (Å²) in [4.78, 5) is 11.3. The van der Waals surface area contributed by atoms with Crippen molar-refractivity contribution < 1.29 is 18.3 Å². The summed E-state index contributed by atoms with van der Waals surface area (Å²) in [6, 6.07) is 18.4. The largest absolute Gasteiger partial charge is 0.478 e. The van der Waals surface area contributed by atoms with Crippen LogP contribution in [-0.2, 0) is 9.84 Å². The number of carbonyl (C=O) groups is 1. The third-order valence-corrected chi connectivity index (χ3v) is 7.03. The predicted molar refractivity (Wildman–Crippen MR) is 120 cm³/mol. The summed E-state index contributed by atoms with van der Waals surface area (Å²) in [7, 11) is -3.96. The van der Waals surface area contributed by atoms with Gasteiger partial charge in [0.25, 0.3) is 0 Å². The van der Waals surface area contributed by atoms with Gasteiger partial charge in [-0.05, 0) is 68.3 Å². The average molecular weight is 448 g/mol. The van der Waals surface area contributed by atoms with E-state index in [1.807, 2.05) is 45.0 Å². The van der Waals surface area contributed by atoms with Gasteiger partial charge < -0.3 is 5.11 Å². The number of carboxylic acid groups (broad SMARTS) is 1. The quantitative estimate of drug-likeness (QED) is 0.487. The van der Waals surface area contributed by atoms with E-state index >= 15 is 0 Å². The van der Waals surface area contributed by atoms with Crippen LogP contribution in [0.3, 0.4) is 0 Å². The molecule has 1 aromatic heterocycles. The molecule has 0 fully saturated rings. The first-order valence-corrected chi connectivity index (χ1v) is 11.4. The molecule has 0 unspecified atom stereocenters. The summed E-state index contributed by atoms with van der Waals surface area (Å²) in [6.07, 6.45) is 0. The predicted octanol–water partition coefficient (Wildman–Crippen LogP) is 4.39. The van der Waals surface area contributed by atoms with Gasteiger partial charge in [-0.15, -0.1) is 5.10 Å². The maximum absolute atomic E-state index is 13.6. The van der Waals surface area contributed by atoms with E-state index in [0.29, 0.717) is 16.9 Å². The highest BCUT2D eigenvalue weighted by Crippen LogP contribution is 2.32. The summed E-state index contributed by atoms with van der Waals surface area (Å²) in [5.41, 5.74) is 4.44. The van der Waals surface area contributed by atoms with Gasteiger partial charge in [0.2, 0.25) is 14.9 Å². The van der Waals surface area contributed by atoms with E-state index in [4.69, 9.17) is 5.11 Å². The summed E-state index contributed by atoms with van der Waals surface area (Å²) in [6.45, 7) is 5.72. The first kappa shape index (κ1) is 21.5. The van der Waals surface area contributed by atoms with Crippen molar-refractivity contribution in [3.05, 3.63) is 89.0 Å². The van der Waals surface area contributed by atoms with Crippen LogP contribution in [-0.4, -0.2) is 34.5 Å². The number of aromatic carboxylic acids is 1. The number of benzene rings is 3. The molecule has 1 N–H and O–H groups in total. The molecule has 0 saturated carbocycles. The summed E-state index contributed by atoms with van der Waals surface area (Å²) in [5, 5.41) is 17.2. The van der Waals surface area contributed by atoms with E-state index in [0.717, 1.165) is 16.7 Å². The lowest BCUT2D eigenvalue weighted by molar-refractivity contribution is 0.0697. The van der Waals surface area contributed by atoms with Crippen molar-refractivity contribution in [3.63, 3.8) is 0 Å². The van der Waals surface area contributed by atoms with E-state index in [9.17, 15) is 13.2 Å². The second-order valence-corrected chi connectivity index (χ2v) is 9.49. The lowest BCUT2D eigenvalue weighted by atomic mass is 10.1. The van der Waals surface area contributed by atoms with Crippen molar-refractivity contribution in [2.45, 2.75) is 30.7 Å². The van der Waals surface area contributed by atoms with Gasteiger partial charge in [-0.2, -0.15) is 0 Å². The van der Waals surface area contributed by atoms with Gasteiger partial charge in [-0.25, -0.2) is 17.9 Å². The van der Waals surface area contributed by atoms with Crippen molar-refractivity contribution >= 4 is 15.8 Å². The molecule has 1 heterocycles. The average Bonchev–Trinajstić information content (AvgIpc) is 3.22. The Kier molecular flexibility index (Phi) is 5.40. The zero-order valence-electron chi connectivity index (χ0n) is 17.8. The second-order valence-electron chi connectivity index (χ2n) is 7.62. The maximum Gasteiger partial charge on any atom is 0.335 e. The Hall–Kier alpha value is -3.78. The van der Waals surface area contributed by atoms with Crippen LogP contribution in [0, 0.1) is 20.8 Å². The van der Waals surface area contributed by atoms with Crippen LogP contribution in [0.5, 0.6) is 0 Å². The third-order valence-electron chi connectivity index (χ3n) is 5.37. The standard InChI is InChI=1S/C24H21N3O4S/c1-15-4-7-18(8-5-15)22-23(32(30,31)21-13-6-16(2)17(3)14-21)25-26-27(22)20-11-9-19(10-12-20)24(28)29/h4-14H,1-3H3,(H,28,29). The molecule has 0 aliphatic rings. The molecule has 7 nitrogen and oxygen atoms in total. The lowest BCUT2D eigenvalue weighted by Gasteiger charge is -2.10. The number of hydrogen-bond donors (Lipinski definition) is 1. The van der Waals surface area contributed by atoms with Gasteiger partial charge in [0.1, 0.15) is 5.69 Å². The van der Waals surface area contributed by atoms with Crippen LogP contribution < -0.4 is 0 Å². The van der Waals surface area contributed by atoms with Crippen molar-refractivity contribution in [1.82, 2.24) is 15.0 Å². The first-order chi connectivity index (χ1) is 15.2. The molecule has 0 aliphatic heterocycles. The molecular formula is C24H21N3O4S. The van der Waals surface area contributed by atoms with Gasteiger partial charge in [0.05, 0.1) is 16.1 Å². The fourth-order valence-electron chi connectivity index (χ4n) is 3.32. The fourth-order valence-corrected chi connectivity index (χ4v) is 4.73. The molecule has 0 bridgehead atoms. The third kappa shape index (κ3) is 3.80. The minimum absolute atomic E-state index is 0.119. The number of carboxylic acids is 1. The normalized spacial score (nSPS) is 11.5. The molecule has 0 saturated heterocycles. The van der Waals surface area contributed by atoms with Crippen LogP contribution in [0.25, 0.3) is 16.9 Å². The van der Waals surface area contributed by atoms with Crippen LogP contribution in [0.2, 0.25) is 0 Å². The maximum atomic E-state index is 13.6. The highest BCUT2D eigenvalue weighted by molar-refractivity contribution is 7.91. The topological polar surface area (TPSA) is 102 Å². The molecule has 4 rings (SSSR count). The molecular weight excluding hydrogens is 426 g/mol. The van der Waals surface area contributed by atoms with Crippen LogP contribution in [0.4, 0.5) is 0 Å². The van der Waals surface area contributed by atoms with Gasteiger partial charge in [-0.3, -0.25) is 0 Å². The Morgan fingerprint density at radius 1 is 0.875 bits per heavy atom. The Morgan fingerprint density at radius 2 is 1.53 bits per heavy atom. The molecule has 0 atom stereocenters. The van der Waals surface area contributed by atoms with Crippen LogP contribution >= 0.6 is 0 Å². The summed E-state index contributed by atoms with van der Waals surface area (Å²) < 4.78 is 28.5. The summed E-state index contributed by atoms with van der Waals surface area (Å²) in [5.74, 6) is -1.05. The number of hydrogen-bond acceptors (Lipinski definition) is 5. The van der Waals surface area contributed by atoms with Gasteiger partial charge in [0.15, 0.2) is 0 Å². The highest BCUT2D eigenvalue weighted by atomic mass is 32.2. The van der Waals surface area contributed by atoms with Crippen molar-refractivity contribution in [2.75, 3.05) is 0 Å². The minimum Gasteiger partial charge on any atom is -0.478 e. The second kappa shape index (κ2) is 8.05. The Morgan fingerprint density at radius 3 is 2.12 bits per heavy atom. The molecule has 0 amide bonds. The summed E-state index contributed by atoms with van der Waals surface area (Å²) >= 11 is 0. The Bertz CT molecular complexity index is 1420. The number of aromatic nitrogens is 3. The number of sulfone groups is 1. The van der Waals surface area contributed by atoms with E-state index in [-0.39, 0.29) is 15.5 Å². The van der Waals surface area contributed by atoms with Crippen molar-refractivity contribution in [1.29, 1.82) is 0 Å². The smallest absolute Gasteiger partial charge is 0.335 e. The van der Waals surface area contributed by atoms with Crippen LogP contribution in [0.1, 0.15) is 27.0 Å². The minimum atomic E-state index is -3.96. The van der Waals surface area contributed by atoms with E-state index in [1.54, 1.807) is 30.3 Å². The molecule has 162 valence electrons. The van der Waals surface area contributed by atoms with E-state index in [1.165, 1.54) is 16.8 Å². The molecule has 32 heavy (non-hydrogen) atoms. The van der Waals surface area contributed by atoms with Crippen molar-refractivity contribution in [2.24, 2.45) is 0 Å². The molecule has 8 heteroatoms. The lowest BCUT2D eigenvalue weighted by Crippen LogP contribution is -2.07. The Labute approximate surface area is 185 Å². The Balaban J connectivity index is 1.94. The zero-order valence-corrected chi connectivity index (χ0v) is 18.6. The highest BCUT2D eigenvalue weighted by Gasteiger charge is 2.29. The van der Waals surface area contributed by atoms with Gasteiger partial charge >= 0.3 is 5.97 Å². The number of nitrogens with zero attached hydrogens (tertiary/aromatic N) is 3. The molecule has 3 aromatic carbocycles. The zero-order chi connectivity index (χ0) is 23.0. The first-order valence-electron chi connectivity index (χ1n) is 9.87. The molecule has 0 radical (unpaired) electrons. The van der Waals surface area contributed by atoms with Gasteiger partial charge in [0, 0.05) is 5.56 Å².